The number of carbonyl (C=O) groups excluding carboxylic acids is 1. The van der Waals surface area contributed by atoms with Gasteiger partial charge >= 0.3 is 12.0 Å². The summed E-state index contributed by atoms with van der Waals surface area (Å²) < 4.78 is 0. The van der Waals surface area contributed by atoms with Crippen LogP contribution in [0.25, 0.3) is 0 Å². The van der Waals surface area contributed by atoms with Crippen LogP contribution in [-0.4, -0.2) is 52.4 Å². The third-order valence-electron chi connectivity index (χ3n) is 3.24. The minimum atomic E-state index is -0.871. The standard InChI is InChI=1S/C14H18N2O3S2/c1-20-12-4-2-10(3-5-12)15-14(19)16-6-7-21-9-11(16)8-13(17)18/h2-5,11H,6-9H2,1H3,(H,15,19)(H,17,18). The summed E-state index contributed by atoms with van der Waals surface area (Å²) in [5.74, 6) is 0.643. The number of aliphatic carboxylic acids is 1. The van der Waals surface area contributed by atoms with Crippen LogP contribution < -0.4 is 5.32 Å². The number of rotatable bonds is 4. The van der Waals surface area contributed by atoms with Gasteiger partial charge in [-0.05, 0) is 30.5 Å². The zero-order valence-electron chi connectivity index (χ0n) is 11.7. The summed E-state index contributed by atoms with van der Waals surface area (Å²) in [6, 6.07) is 7.14. The molecule has 1 atom stereocenters. The summed E-state index contributed by atoms with van der Waals surface area (Å²) in [7, 11) is 0. The van der Waals surface area contributed by atoms with E-state index in [2.05, 4.69) is 5.32 Å². The van der Waals surface area contributed by atoms with Crippen LogP contribution in [0.15, 0.2) is 29.2 Å². The predicted octanol–water partition coefficient (Wildman–Crippen LogP) is 2.83. The number of hydrogen-bond acceptors (Lipinski definition) is 4. The Balaban J connectivity index is 2.00. The molecule has 0 radical (unpaired) electrons. The van der Waals surface area contributed by atoms with Crippen molar-refractivity contribution in [3.63, 3.8) is 0 Å². The normalized spacial score (nSPS) is 18.3. The van der Waals surface area contributed by atoms with E-state index in [9.17, 15) is 9.59 Å². The first-order valence-electron chi connectivity index (χ1n) is 6.61. The molecule has 0 aliphatic carbocycles. The number of hydrogen-bond donors (Lipinski definition) is 2. The molecule has 2 rings (SSSR count). The van der Waals surface area contributed by atoms with Gasteiger partial charge in [0.1, 0.15) is 0 Å². The molecule has 7 heteroatoms. The minimum absolute atomic E-state index is 0.00810. The fourth-order valence-electron chi connectivity index (χ4n) is 2.16. The average molecular weight is 326 g/mol. The Bertz CT molecular complexity index is 507. The quantitative estimate of drug-likeness (QED) is 0.833. The van der Waals surface area contributed by atoms with Crippen molar-refractivity contribution in [2.45, 2.75) is 17.4 Å². The van der Waals surface area contributed by atoms with E-state index in [4.69, 9.17) is 5.11 Å². The number of carboxylic acids is 1. The van der Waals surface area contributed by atoms with Crippen LogP contribution >= 0.6 is 23.5 Å². The van der Waals surface area contributed by atoms with Crippen LogP contribution in [0, 0.1) is 0 Å². The Labute approximate surface area is 132 Å². The van der Waals surface area contributed by atoms with Crippen LogP contribution in [0.3, 0.4) is 0 Å². The lowest BCUT2D eigenvalue weighted by Gasteiger charge is -2.34. The summed E-state index contributed by atoms with van der Waals surface area (Å²) in [6.45, 7) is 0.581. The Hall–Kier alpha value is -1.34. The van der Waals surface area contributed by atoms with Crippen molar-refractivity contribution in [3.8, 4) is 0 Å². The summed E-state index contributed by atoms with van der Waals surface area (Å²) >= 11 is 3.33. The number of nitrogens with one attached hydrogen (secondary N) is 1. The smallest absolute Gasteiger partial charge is 0.322 e. The maximum Gasteiger partial charge on any atom is 0.322 e. The van der Waals surface area contributed by atoms with E-state index in [1.807, 2.05) is 30.5 Å². The van der Waals surface area contributed by atoms with Crippen molar-refractivity contribution in [3.05, 3.63) is 24.3 Å². The number of carboxylic acid groups (broad SMARTS) is 1. The first-order valence-corrected chi connectivity index (χ1v) is 8.99. The molecule has 2 N–H and O–H groups in total. The van der Waals surface area contributed by atoms with Crippen LogP contribution in [0.2, 0.25) is 0 Å². The van der Waals surface area contributed by atoms with Gasteiger partial charge in [-0.25, -0.2) is 4.79 Å². The fourth-order valence-corrected chi connectivity index (χ4v) is 3.63. The molecule has 0 spiro atoms. The molecule has 1 aromatic carbocycles. The third kappa shape index (κ3) is 4.57. The molecule has 1 heterocycles. The highest BCUT2D eigenvalue weighted by molar-refractivity contribution is 7.99. The topological polar surface area (TPSA) is 69.6 Å². The Morgan fingerprint density at radius 3 is 2.76 bits per heavy atom. The van der Waals surface area contributed by atoms with Gasteiger partial charge in [-0.1, -0.05) is 0 Å². The van der Waals surface area contributed by atoms with E-state index in [1.54, 1.807) is 28.4 Å². The molecule has 2 amide bonds. The number of thioether (sulfide) groups is 2. The minimum Gasteiger partial charge on any atom is -0.481 e. The van der Waals surface area contributed by atoms with E-state index >= 15 is 0 Å². The van der Waals surface area contributed by atoms with Crippen molar-refractivity contribution in [2.24, 2.45) is 0 Å². The highest BCUT2D eigenvalue weighted by Gasteiger charge is 2.28. The molecule has 1 aliphatic heterocycles. The highest BCUT2D eigenvalue weighted by Crippen LogP contribution is 2.21. The first kappa shape index (κ1) is 16.0. The number of amides is 2. The van der Waals surface area contributed by atoms with E-state index in [0.717, 1.165) is 16.3 Å². The van der Waals surface area contributed by atoms with Gasteiger partial charge in [0.15, 0.2) is 0 Å². The second-order valence-electron chi connectivity index (χ2n) is 4.68. The molecular formula is C14H18N2O3S2. The Morgan fingerprint density at radius 2 is 2.14 bits per heavy atom. The predicted molar refractivity (Wildman–Crippen MR) is 87.3 cm³/mol. The number of benzene rings is 1. The Kier molecular flexibility index (Phi) is 5.81. The molecule has 1 saturated heterocycles. The van der Waals surface area contributed by atoms with E-state index in [-0.39, 0.29) is 18.5 Å². The fraction of sp³-hybridized carbons (Fsp3) is 0.429. The third-order valence-corrected chi connectivity index (χ3v) is 5.08. The molecule has 0 bridgehead atoms. The molecule has 5 nitrogen and oxygen atoms in total. The van der Waals surface area contributed by atoms with Crippen molar-refractivity contribution >= 4 is 41.2 Å². The summed E-state index contributed by atoms with van der Waals surface area (Å²) in [5, 5.41) is 11.8. The van der Waals surface area contributed by atoms with Crippen LogP contribution in [0.1, 0.15) is 6.42 Å². The van der Waals surface area contributed by atoms with Gasteiger partial charge in [0.05, 0.1) is 12.5 Å². The summed E-state index contributed by atoms with van der Waals surface area (Å²) in [6.07, 6.45) is 1.99. The van der Waals surface area contributed by atoms with Crippen LogP contribution in [0.4, 0.5) is 10.5 Å². The van der Waals surface area contributed by atoms with E-state index < -0.39 is 5.97 Å². The monoisotopic (exact) mass is 326 g/mol. The maximum atomic E-state index is 12.3. The summed E-state index contributed by atoms with van der Waals surface area (Å²) in [5.41, 5.74) is 0.727. The second-order valence-corrected chi connectivity index (χ2v) is 6.71. The number of urea groups is 1. The lowest BCUT2D eigenvalue weighted by molar-refractivity contribution is -0.137. The van der Waals surface area contributed by atoms with Gasteiger partial charge < -0.3 is 15.3 Å². The number of nitrogens with zero attached hydrogens (tertiary/aromatic N) is 1. The zero-order chi connectivity index (χ0) is 15.2. The molecule has 1 unspecified atom stereocenters. The van der Waals surface area contributed by atoms with Crippen LogP contribution in [0.5, 0.6) is 0 Å². The molecular weight excluding hydrogens is 308 g/mol. The van der Waals surface area contributed by atoms with Gasteiger partial charge in [-0.3, -0.25) is 4.79 Å². The van der Waals surface area contributed by atoms with Crippen molar-refractivity contribution < 1.29 is 14.7 Å². The number of carbonyl (C=O) groups is 2. The van der Waals surface area contributed by atoms with Crippen LogP contribution in [-0.2, 0) is 4.79 Å². The average Bonchev–Trinajstić information content (AvgIpc) is 2.48. The maximum absolute atomic E-state index is 12.3. The molecule has 0 aromatic heterocycles. The number of anilines is 1. The SMILES string of the molecule is CSc1ccc(NC(=O)N2CCSCC2CC(=O)O)cc1. The largest absolute Gasteiger partial charge is 0.481 e. The molecule has 21 heavy (non-hydrogen) atoms. The summed E-state index contributed by atoms with van der Waals surface area (Å²) in [4.78, 5) is 26.0. The second kappa shape index (κ2) is 7.61. The van der Waals surface area contributed by atoms with Gasteiger partial charge in [-0.15, -0.1) is 11.8 Å². The van der Waals surface area contributed by atoms with Gasteiger partial charge in [0, 0.05) is 28.6 Å². The van der Waals surface area contributed by atoms with Crippen molar-refractivity contribution in [2.75, 3.05) is 29.6 Å². The van der Waals surface area contributed by atoms with Gasteiger partial charge in [-0.2, -0.15) is 11.8 Å². The molecule has 0 saturated carbocycles. The lowest BCUT2D eigenvalue weighted by atomic mass is 10.2. The Morgan fingerprint density at radius 1 is 1.43 bits per heavy atom. The van der Waals surface area contributed by atoms with Gasteiger partial charge in [0.25, 0.3) is 0 Å². The van der Waals surface area contributed by atoms with Crippen molar-refractivity contribution in [1.82, 2.24) is 4.90 Å². The molecule has 1 aliphatic rings. The zero-order valence-corrected chi connectivity index (χ0v) is 13.4. The van der Waals surface area contributed by atoms with E-state index in [0.29, 0.717) is 12.3 Å². The molecule has 1 fully saturated rings. The highest BCUT2D eigenvalue weighted by atomic mass is 32.2. The lowest BCUT2D eigenvalue weighted by Crippen LogP contribution is -2.48. The van der Waals surface area contributed by atoms with Crippen molar-refractivity contribution in [1.29, 1.82) is 0 Å². The molecule has 114 valence electrons. The van der Waals surface area contributed by atoms with Gasteiger partial charge in [0.2, 0.25) is 0 Å². The molecule has 1 aromatic rings. The van der Waals surface area contributed by atoms with E-state index in [1.165, 1.54) is 0 Å². The first-order chi connectivity index (χ1) is 10.1.